The number of aromatic nitrogens is 3. The molecule has 4 rings (SSSR count). The van der Waals surface area contributed by atoms with E-state index in [1.807, 2.05) is 20.8 Å². The SMILES string of the molecule is CCOC(=O)c1c(-c2ccc(C(=O)Nc3cc(Br)ccn3)cc2)nc([C@@H]2CCCCN2C(=O)OC(C)(C)C)n1N. The topological polar surface area (TPSA) is 142 Å². The van der Waals surface area contributed by atoms with Gasteiger partial charge < -0.3 is 20.6 Å². The first-order valence-corrected chi connectivity index (χ1v) is 13.9. The molecule has 3 N–H and O–H groups in total. The van der Waals surface area contributed by atoms with E-state index in [-0.39, 0.29) is 18.2 Å². The van der Waals surface area contributed by atoms with Crippen molar-refractivity contribution < 1.29 is 23.9 Å². The second-order valence-electron chi connectivity index (χ2n) is 10.3. The molecule has 1 fully saturated rings. The number of pyridine rings is 1. The molecule has 2 amide bonds. The van der Waals surface area contributed by atoms with Crippen LogP contribution in [0.1, 0.15) is 79.7 Å². The average Bonchev–Trinajstić information content (AvgIpc) is 3.25. The van der Waals surface area contributed by atoms with Crippen molar-refractivity contribution in [2.24, 2.45) is 0 Å². The van der Waals surface area contributed by atoms with Crippen LogP contribution in [0.25, 0.3) is 11.3 Å². The van der Waals surface area contributed by atoms with Gasteiger partial charge in [-0.1, -0.05) is 28.1 Å². The van der Waals surface area contributed by atoms with Gasteiger partial charge in [0.15, 0.2) is 11.5 Å². The third-order valence-corrected chi connectivity index (χ3v) is 6.71. The van der Waals surface area contributed by atoms with E-state index in [0.29, 0.717) is 41.4 Å². The standard InChI is InChI=1S/C28H33BrN6O5/c1-5-39-26(37)23-22(17-9-11-18(12-10-17)25(36)32-21-16-19(29)13-14-31-21)33-24(35(23)30)20-8-6-7-15-34(20)27(38)40-28(2,3)4/h9-14,16,20H,5-8,15,30H2,1-4H3,(H,31,32,36)/t20-/m0/s1. The minimum absolute atomic E-state index is 0.0575. The molecule has 212 valence electrons. The zero-order chi connectivity index (χ0) is 29.0. The quantitative estimate of drug-likeness (QED) is 0.281. The molecule has 11 nitrogen and oxygen atoms in total. The van der Waals surface area contributed by atoms with Gasteiger partial charge in [-0.15, -0.1) is 0 Å². The Balaban J connectivity index is 1.68. The number of anilines is 1. The molecule has 0 spiro atoms. The Kier molecular flexibility index (Phi) is 8.77. The fourth-order valence-electron chi connectivity index (χ4n) is 4.46. The average molecular weight is 614 g/mol. The molecule has 1 aliphatic rings. The highest BCUT2D eigenvalue weighted by molar-refractivity contribution is 9.10. The molecule has 1 saturated heterocycles. The first kappa shape index (κ1) is 29.1. The second kappa shape index (κ2) is 12.1. The van der Waals surface area contributed by atoms with Crippen molar-refractivity contribution in [1.29, 1.82) is 0 Å². The van der Waals surface area contributed by atoms with Gasteiger partial charge in [0.2, 0.25) is 0 Å². The zero-order valence-electron chi connectivity index (χ0n) is 22.9. The Morgan fingerprint density at radius 3 is 2.52 bits per heavy atom. The molecule has 1 atom stereocenters. The summed E-state index contributed by atoms with van der Waals surface area (Å²) in [5.74, 6) is 6.24. The molecule has 0 unspecified atom stereocenters. The summed E-state index contributed by atoms with van der Waals surface area (Å²) in [6.45, 7) is 7.76. The number of likely N-dealkylation sites (tertiary alicyclic amines) is 1. The number of nitrogens with zero attached hydrogens (tertiary/aromatic N) is 4. The highest BCUT2D eigenvalue weighted by atomic mass is 79.9. The Hall–Kier alpha value is -3.93. The molecule has 40 heavy (non-hydrogen) atoms. The van der Waals surface area contributed by atoms with Crippen LogP contribution in [0.15, 0.2) is 47.1 Å². The highest BCUT2D eigenvalue weighted by Gasteiger charge is 2.36. The molecular formula is C28H33BrN6O5. The third kappa shape index (κ3) is 6.61. The van der Waals surface area contributed by atoms with E-state index in [2.05, 4.69) is 26.2 Å². The van der Waals surface area contributed by atoms with Gasteiger partial charge in [-0.05, 0) is 71.2 Å². The predicted octanol–water partition coefficient (Wildman–Crippen LogP) is 5.31. The number of nitrogens with two attached hydrogens (primary N) is 1. The van der Waals surface area contributed by atoms with E-state index in [1.54, 1.807) is 54.4 Å². The summed E-state index contributed by atoms with van der Waals surface area (Å²) in [6.07, 6.45) is 3.40. The molecule has 3 aromatic rings. The first-order chi connectivity index (χ1) is 19.0. The Morgan fingerprint density at radius 1 is 1.15 bits per heavy atom. The smallest absolute Gasteiger partial charge is 0.410 e. The van der Waals surface area contributed by atoms with Crippen LogP contribution in [0, 0.1) is 0 Å². The van der Waals surface area contributed by atoms with Crippen LogP contribution in [0.5, 0.6) is 0 Å². The molecule has 0 radical (unpaired) electrons. The lowest BCUT2D eigenvalue weighted by atomic mass is 10.0. The summed E-state index contributed by atoms with van der Waals surface area (Å²) in [4.78, 5) is 49.3. The lowest BCUT2D eigenvalue weighted by Crippen LogP contribution is -2.43. The van der Waals surface area contributed by atoms with Crippen LogP contribution in [0.4, 0.5) is 10.6 Å². The van der Waals surface area contributed by atoms with E-state index in [9.17, 15) is 14.4 Å². The summed E-state index contributed by atoms with van der Waals surface area (Å²) in [5, 5.41) is 2.75. The van der Waals surface area contributed by atoms with E-state index in [4.69, 9.17) is 20.3 Å². The van der Waals surface area contributed by atoms with Gasteiger partial charge in [-0.3, -0.25) is 9.69 Å². The third-order valence-electron chi connectivity index (χ3n) is 6.22. The molecule has 1 aliphatic heterocycles. The number of halogens is 1. The van der Waals surface area contributed by atoms with Crippen molar-refractivity contribution in [3.63, 3.8) is 0 Å². The Bertz CT molecular complexity index is 1400. The first-order valence-electron chi connectivity index (χ1n) is 13.1. The molecule has 2 aromatic heterocycles. The number of imidazole rings is 1. The van der Waals surface area contributed by atoms with Gasteiger partial charge in [0, 0.05) is 28.3 Å². The summed E-state index contributed by atoms with van der Waals surface area (Å²) in [7, 11) is 0. The van der Waals surface area contributed by atoms with Crippen LogP contribution < -0.4 is 11.2 Å². The predicted molar refractivity (Wildman–Crippen MR) is 153 cm³/mol. The summed E-state index contributed by atoms with van der Waals surface area (Å²) < 4.78 is 12.9. The number of carbonyl (C=O) groups excluding carboxylic acids is 3. The van der Waals surface area contributed by atoms with Crippen LogP contribution in [-0.2, 0) is 9.47 Å². The number of ether oxygens (including phenoxy) is 2. The molecule has 3 heterocycles. The van der Waals surface area contributed by atoms with Crippen molar-refractivity contribution in [3.8, 4) is 11.3 Å². The molecule has 1 aromatic carbocycles. The number of carbonyl (C=O) groups is 3. The van der Waals surface area contributed by atoms with Crippen molar-refractivity contribution in [2.45, 2.75) is 58.6 Å². The van der Waals surface area contributed by atoms with E-state index in [0.717, 1.165) is 17.3 Å². The fourth-order valence-corrected chi connectivity index (χ4v) is 4.80. The fraction of sp³-hybridized carbons (Fsp3) is 0.393. The van der Waals surface area contributed by atoms with Crippen molar-refractivity contribution >= 4 is 39.7 Å². The lowest BCUT2D eigenvalue weighted by molar-refractivity contribution is 0.00820. The highest BCUT2D eigenvalue weighted by Crippen LogP contribution is 2.35. The van der Waals surface area contributed by atoms with E-state index >= 15 is 0 Å². The number of hydrogen-bond donors (Lipinski definition) is 2. The van der Waals surface area contributed by atoms with Gasteiger partial charge >= 0.3 is 12.1 Å². The maximum absolute atomic E-state index is 13.0. The van der Waals surface area contributed by atoms with Crippen molar-refractivity contribution in [2.75, 3.05) is 24.3 Å². The maximum Gasteiger partial charge on any atom is 0.410 e. The number of piperidine rings is 1. The normalized spacial score (nSPS) is 15.4. The minimum Gasteiger partial charge on any atom is -0.461 e. The number of hydrogen-bond acceptors (Lipinski definition) is 8. The molecular weight excluding hydrogens is 580 g/mol. The summed E-state index contributed by atoms with van der Waals surface area (Å²) in [6, 6.07) is 9.59. The molecule has 12 heteroatoms. The van der Waals surface area contributed by atoms with Gasteiger partial charge in [0.05, 0.1) is 12.6 Å². The van der Waals surface area contributed by atoms with Crippen molar-refractivity contribution in [1.82, 2.24) is 19.5 Å². The monoisotopic (exact) mass is 612 g/mol. The largest absolute Gasteiger partial charge is 0.461 e. The minimum atomic E-state index is -0.667. The van der Waals surface area contributed by atoms with Crippen molar-refractivity contribution in [3.05, 3.63) is 64.1 Å². The van der Waals surface area contributed by atoms with E-state index < -0.39 is 23.7 Å². The van der Waals surface area contributed by atoms with E-state index in [1.165, 1.54) is 4.68 Å². The number of nitrogens with one attached hydrogen (secondary N) is 1. The van der Waals surface area contributed by atoms with Gasteiger partial charge in [-0.2, -0.15) is 0 Å². The zero-order valence-corrected chi connectivity index (χ0v) is 24.5. The molecule has 0 saturated carbocycles. The molecule has 0 aliphatic carbocycles. The number of esters is 1. The molecule has 0 bridgehead atoms. The lowest BCUT2D eigenvalue weighted by Gasteiger charge is -2.36. The van der Waals surface area contributed by atoms with Gasteiger partial charge in [-0.25, -0.2) is 24.2 Å². The number of benzene rings is 1. The van der Waals surface area contributed by atoms with Gasteiger partial charge in [0.25, 0.3) is 5.91 Å². The summed E-state index contributed by atoms with van der Waals surface area (Å²) in [5.41, 5.74) is 0.636. The Morgan fingerprint density at radius 2 is 1.88 bits per heavy atom. The number of nitrogen functional groups attached to an aromatic ring is 1. The number of amides is 2. The maximum atomic E-state index is 13.0. The second-order valence-corrected chi connectivity index (χ2v) is 11.2. The number of rotatable bonds is 6. The van der Waals surface area contributed by atoms with Gasteiger partial charge in [0.1, 0.15) is 17.1 Å². The summed E-state index contributed by atoms with van der Waals surface area (Å²) >= 11 is 3.36. The van der Waals surface area contributed by atoms with Crippen LogP contribution >= 0.6 is 15.9 Å². The Labute approximate surface area is 241 Å². The van der Waals surface area contributed by atoms with Crippen LogP contribution in [-0.4, -0.2) is 56.3 Å². The van der Waals surface area contributed by atoms with Crippen LogP contribution in [0.2, 0.25) is 0 Å². The van der Waals surface area contributed by atoms with Crippen LogP contribution in [0.3, 0.4) is 0 Å².